The van der Waals surface area contributed by atoms with Crippen LogP contribution in [0.4, 0.5) is 0 Å². The van der Waals surface area contributed by atoms with Crippen molar-refractivity contribution in [1.82, 2.24) is 4.57 Å². The van der Waals surface area contributed by atoms with Crippen molar-refractivity contribution < 1.29 is 0 Å². The van der Waals surface area contributed by atoms with Crippen molar-refractivity contribution in [3.63, 3.8) is 0 Å². The molecule has 0 aromatic carbocycles. The zero-order valence-corrected chi connectivity index (χ0v) is 9.42. The number of pyridine rings is 1. The molecule has 0 saturated heterocycles. The summed E-state index contributed by atoms with van der Waals surface area (Å²) in [6, 6.07) is 0. The molecule has 80 valence electrons. The molecule has 0 bridgehead atoms. The number of fused-ring (bicyclic) bond motifs is 1. The molecule has 2 nitrogen and oxygen atoms in total. The monoisotopic (exact) mass is 203 g/mol. The standard InChI is InChI=1S/C13H17NO/c1-10-9-14(2)13(15)12-8-6-4-3-5-7-11(10)12/h5,7,9H,3-4,6,8H2,1-2H3/b7-5-. The summed E-state index contributed by atoms with van der Waals surface area (Å²) in [4.78, 5) is 12.0. The summed E-state index contributed by atoms with van der Waals surface area (Å²) < 4.78 is 1.70. The van der Waals surface area contributed by atoms with Gasteiger partial charge in [-0.2, -0.15) is 0 Å². The van der Waals surface area contributed by atoms with Crippen LogP contribution >= 0.6 is 0 Å². The number of hydrogen-bond donors (Lipinski definition) is 0. The van der Waals surface area contributed by atoms with E-state index in [1.54, 1.807) is 4.57 Å². The maximum Gasteiger partial charge on any atom is 0.254 e. The molecule has 2 heteroatoms. The van der Waals surface area contributed by atoms with Gasteiger partial charge in [-0.1, -0.05) is 12.2 Å². The molecule has 0 amide bonds. The minimum absolute atomic E-state index is 0.169. The molecule has 1 aliphatic carbocycles. The fourth-order valence-electron chi connectivity index (χ4n) is 2.22. The van der Waals surface area contributed by atoms with Crippen molar-refractivity contribution in [2.45, 2.75) is 32.6 Å². The predicted molar refractivity (Wildman–Crippen MR) is 63.0 cm³/mol. The van der Waals surface area contributed by atoms with Gasteiger partial charge in [0.15, 0.2) is 0 Å². The van der Waals surface area contributed by atoms with Gasteiger partial charge in [0.25, 0.3) is 5.56 Å². The van der Waals surface area contributed by atoms with Crippen molar-refractivity contribution in [3.8, 4) is 0 Å². The van der Waals surface area contributed by atoms with Crippen LogP contribution in [0.15, 0.2) is 17.1 Å². The lowest BCUT2D eigenvalue weighted by Crippen LogP contribution is -2.23. The van der Waals surface area contributed by atoms with Gasteiger partial charge in [-0.3, -0.25) is 4.79 Å². The zero-order chi connectivity index (χ0) is 10.8. The second kappa shape index (κ2) is 4.05. The number of aryl methyl sites for hydroxylation is 2. The van der Waals surface area contributed by atoms with E-state index in [2.05, 4.69) is 19.1 Å². The maximum atomic E-state index is 12.0. The molecule has 2 rings (SSSR count). The molecule has 1 aliphatic rings. The molecule has 0 aliphatic heterocycles. The van der Waals surface area contributed by atoms with Crippen LogP contribution < -0.4 is 5.56 Å². The second-order valence-corrected chi connectivity index (χ2v) is 4.27. The first-order chi connectivity index (χ1) is 7.20. The van der Waals surface area contributed by atoms with Crippen LogP contribution in [-0.2, 0) is 13.5 Å². The summed E-state index contributed by atoms with van der Waals surface area (Å²) in [6.45, 7) is 2.07. The SMILES string of the molecule is Cc1cn(C)c(=O)c2c1/C=C\CCCC2. The van der Waals surface area contributed by atoms with E-state index < -0.39 is 0 Å². The summed E-state index contributed by atoms with van der Waals surface area (Å²) in [5.74, 6) is 0. The normalized spacial score (nSPS) is 17.7. The lowest BCUT2D eigenvalue weighted by molar-refractivity contribution is 0.721. The topological polar surface area (TPSA) is 22.0 Å². The molecule has 1 heterocycles. The van der Waals surface area contributed by atoms with E-state index >= 15 is 0 Å². The third kappa shape index (κ3) is 1.89. The van der Waals surface area contributed by atoms with Gasteiger partial charge >= 0.3 is 0 Å². The van der Waals surface area contributed by atoms with Crippen molar-refractivity contribution >= 4 is 6.08 Å². The average Bonchev–Trinajstić information content (AvgIpc) is 2.14. The Bertz CT molecular complexity index is 454. The molecule has 0 fully saturated rings. The smallest absolute Gasteiger partial charge is 0.254 e. The summed E-state index contributed by atoms with van der Waals surface area (Å²) in [6.07, 6.45) is 10.6. The zero-order valence-electron chi connectivity index (χ0n) is 9.42. The highest BCUT2D eigenvalue weighted by molar-refractivity contribution is 5.57. The van der Waals surface area contributed by atoms with Gasteiger partial charge in [0.1, 0.15) is 0 Å². The van der Waals surface area contributed by atoms with Crippen molar-refractivity contribution in [3.05, 3.63) is 39.3 Å². The van der Waals surface area contributed by atoms with Gasteiger partial charge in [0.05, 0.1) is 0 Å². The Morgan fingerprint density at radius 2 is 2.13 bits per heavy atom. The number of allylic oxidation sites excluding steroid dienone is 1. The number of rotatable bonds is 0. The average molecular weight is 203 g/mol. The molecule has 0 spiro atoms. The first-order valence-corrected chi connectivity index (χ1v) is 5.56. The molecule has 0 radical (unpaired) electrons. The first kappa shape index (κ1) is 10.2. The number of hydrogen-bond acceptors (Lipinski definition) is 1. The van der Waals surface area contributed by atoms with E-state index in [9.17, 15) is 4.79 Å². The largest absolute Gasteiger partial charge is 0.318 e. The molecule has 0 unspecified atom stereocenters. The van der Waals surface area contributed by atoms with Gasteiger partial charge < -0.3 is 4.57 Å². The highest BCUT2D eigenvalue weighted by atomic mass is 16.1. The summed E-state index contributed by atoms with van der Waals surface area (Å²) >= 11 is 0. The minimum Gasteiger partial charge on any atom is -0.318 e. The van der Waals surface area contributed by atoms with E-state index in [0.29, 0.717) is 0 Å². The van der Waals surface area contributed by atoms with Crippen LogP contribution in [-0.4, -0.2) is 4.57 Å². The predicted octanol–water partition coefficient (Wildman–Crippen LogP) is 2.43. The lowest BCUT2D eigenvalue weighted by Gasteiger charge is -2.13. The Hall–Kier alpha value is -1.31. The molecule has 0 N–H and O–H groups in total. The highest BCUT2D eigenvalue weighted by Crippen LogP contribution is 2.18. The Labute approximate surface area is 90.2 Å². The summed E-state index contributed by atoms with van der Waals surface area (Å²) in [5.41, 5.74) is 3.51. The molecular formula is C13H17NO. The van der Waals surface area contributed by atoms with Gasteiger partial charge in [-0.25, -0.2) is 0 Å². The number of nitrogens with zero attached hydrogens (tertiary/aromatic N) is 1. The Balaban J connectivity index is 2.66. The molecule has 1 aromatic rings. The van der Waals surface area contributed by atoms with E-state index in [4.69, 9.17) is 0 Å². The van der Waals surface area contributed by atoms with Crippen molar-refractivity contribution in [2.24, 2.45) is 7.05 Å². The van der Waals surface area contributed by atoms with E-state index in [1.807, 2.05) is 13.2 Å². The van der Waals surface area contributed by atoms with Crippen molar-refractivity contribution in [2.75, 3.05) is 0 Å². The fourth-order valence-corrected chi connectivity index (χ4v) is 2.22. The molecule has 0 atom stereocenters. The quantitative estimate of drug-likeness (QED) is 0.634. The van der Waals surface area contributed by atoms with E-state index in [1.165, 1.54) is 12.0 Å². The Kier molecular flexibility index (Phi) is 2.76. The highest BCUT2D eigenvalue weighted by Gasteiger charge is 2.11. The number of aromatic nitrogens is 1. The van der Waals surface area contributed by atoms with Gasteiger partial charge in [-0.15, -0.1) is 0 Å². The van der Waals surface area contributed by atoms with Crippen LogP contribution in [0.1, 0.15) is 36.0 Å². The lowest BCUT2D eigenvalue weighted by atomic mass is 9.96. The van der Waals surface area contributed by atoms with Crippen LogP contribution in [0.25, 0.3) is 6.08 Å². The fraction of sp³-hybridized carbons (Fsp3) is 0.462. The molecule has 15 heavy (non-hydrogen) atoms. The van der Waals surface area contributed by atoms with Crippen LogP contribution in [0, 0.1) is 6.92 Å². The third-order valence-electron chi connectivity index (χ3n) is 3.05. The molecule has 1 aromatic heterocycles. The van der Waals surface area contributed by atoms with E-state index in [0.717, 1.165) is 30.4 Å². The second-order valence-electron chi connectivity index (χ2n) is 4.27. The Morgan fingerprint density at radius 3 is 2.93 bits per heavy atom. The van der Waals surface area contributed by atoms with Crippen LogP contribution in [0.5, 0.6) is 0 Å². The Morgan fingerprint density at radius 1 is 1.33 bits per heavy atom. The third-order valence-corrected chi connectivity index (χ3v) is 3.05. The first-order valence-electron chi connectivity index (χ1n) is 5.56. The van der Waals surface area contributed by atoms with Gasteiger partial charge in [0.2, 0.25) is 0 Å². The van der Waals surface area contributed by atoms with Gasteiger partial charge in [-0.05, 0) is 43.7 Å². The van der Waals surface area contributed by atoms with Crippen LogP contribution in [0.3, 0.4) is 0 Å². The molecular weight excluding hydrogens is 186 g/mol. The summed E-state index contributed by atoms with van der Waals surface area (Å²) in [7, 11) is 1.83. The van der Waals surface area contributed by atoms with E-state index in [-0.39, 0.29) is 5.56 Å². The summed E-state index contributed by atoms with van der Waals surface area (Å²) in [5, 5.41) is 0. The van der Waals surface area contributed by atoms with Crippen LogP contribution in [0.2, 0.25) is 0 Å². The molecule has 0 saturated carbocycles. The van der Waals surface area contributed by atoms with Crippen molar-refractivity contribution in [1.29, 1.82) is 0 Å². The van der Waals surface area contributed by atoms with Gasteiger partial charge in [0, 0.05) is 18.8 Å². The maximum absolute atomic E-state index is 12.0. The minimum atomic E-state index is 0.169.